The number of benzene rings is 3. The molecular weight excluding hydrogens is 521 g/mol. The number of aromatic amines is 1. The molecule has 2 heterocycles. The molecule has 10 heteroatoms. The summed E-state index contributed by atoms with van der Waals surface area (Å²) in [7, 11) is 1.29. The molecule has 1 fully saturated rings. The van der Waals surface area contributed by atoms with Crippen molar-refractivity contribution in [3.8, 4) is 11.6 Å². The molecule has 0 spiro atoms. The van der Waals surface area contributed by atoms with Crippen molar-refractivity contribution in [1.29, 1.82) is 0 Å². The van der Waals surface area contributed by atoms with Crippen molar-refractivity contribution in [2.75, 3.05) is 25.5 Å². The third kappa shape index (κ3) is 6.28. The van der Waals surface area contributed by atoms with E-state index in [9.17, 15) is 23.1 Å². The van der Waals surface area contributed by atoms with Crippen molar-refractivity contribution < 1.29 is 23.0 Å². The summed E-state index contributed by atoms with van der Waals surface area (Å²) >= 11 is 0. The van der Waals surface area contributed by atoms with Crippen LogP contribution < -0.4 is 15.6 Å². The summed E-state index contributed by atoms with van der Waals surface area (Å²) in [4.78, 5) is 21.9. The van der Waals surface area contributed by atoms with Crippen LogP contribution in [0.4, 0.5) is 30.2 Å². The Morgan fingerprint density at radius 3 is 2.45 bits per heavy atom. The zero-order valence-electron chi connectivity index (χ0n) is 21.9. The molecule has 1 aromatic heterocycles. The van der Waals surface area contributed by atoms with E-state index in [-0.39, 0.29) is 22.9 Å². The number of likely N-dealkylation sites (tertiary alicyclic amines) is 1. The standard InChI is InChI=1S/C30H29F3N4O3/c1-40-24-14-20(30(31,32)33)13-23(15-24)35-22-9-10-25-26(16-22)27(29(39)36-28(25)38)17-34-21-7-5-19(6-8-21)18-37-11-3-2-4-12-37/h5-10,13-17,35H,2-4,11-12,18H2,1H3,(H2,36,38,39). The minimum atomic E-state index is -4.55. The van der Waals surface area contributed by atoms with E-state index in [1.165, 1.54) is 50.3 Å². The van der Waals surface area contributed by atoms with Crippen LogP contribution in [0.25, 0.3) is 10.8 Å². The molecule has 40 heavy (non-hydrogen) atoms. The highest BCUT2D eigenvalue weighted by molar-refractivity contribution is 6.03. The molecule has 4 aromatic rings. The fraction of sp³-hybridized carbons (Fsp3) is 0.267. The molecule has 0 bridgehead atoms. The predicted molar refractivity (Wildman–Crippen MR) is 150 cm³/mol. The highest BCUT2D eigenvalue weighted by Gasteiger charge is 2.31. The van der Waals surface area contributed by atoms with Crippen LogP contribution in [0, 0.1) is 0 Å². The van der Waals surface area contributed by atoms with Crippen LogP contribution in [0.2, 0.25) is 0 Å². The number of piperidine rings is 1. The van der Waals surface area contributed by atoms with Gasteiger partial charge in [-0.15, -0.1) is 0 Å². The van der Waals surface area contributed by atoms with Gasteiger partial charge in [-0.05, 0) is 74.0 Å². The lowest BCUT2D eigenvalue weighted by atomic mass is 10.1. The van der Waals surface area contributed by atoms with Gasteiger partial charge in [0.1, 0.15) is 5.75 Å². The van der Waals surface area contributed by atoms with Crippen molar-refractivity contribution in [2.45, 2.75) is 32.0 Å². The number of aromatic hydroxyl groups is 1. The van der Waals surface area contributed by atoms with E-state index in [4.69, 9.17) is 4.74 Å². The fourth-order valence-electron chi connectivity index (χ4n) is 4.86. The molecule has 7 nitrogen and oxygen atoms in total. The van der Waals surface area contributed by atoms with Crippen LogP contribution in [0.3, 0.4) is 0 Å². The Balaban J connectivity index is 1.43. The molecule has 0 unspecified atom stereocenters. The number of alkyl halides is 3. The van der Waals surface area contributed by atoms with Crippen LogP contribution in [0.5, 0.6) is 11.6 Å². The van der Waals surface area contributed by atoms with Crippen LogP contribution >= 0.6 is 0 Å². The molecule has 0 amide bonds. The number of halogens is 3. The zero-order chi connectivity index (χ0) is 28.3. The highest BCUT2D eigenvalue weighted by Crippen LogP contribution is 2.35. The summed E-state index contributed by atoms with van der Waals surface area (Å²) in [6.07, 6.45) is 0.649. The monoisotopic (exact) mass is 550 g/mol. The van der Waals surface area contributed by atoms with E-state index < -0.39 is 17.3 Å². The molecule has 208 valence electrons. The van der Waals surface area contributed by atoms with Crippen molar-refractivity contribution >= 4 is 34.0 Å². The highest BCUT2D eigenvalue weighted by atomic mass is 19.4. The largest absolute Gasteiger partial charge is 0.497 e. The normalized spacial score (nSPS) is 14.6. The number of nitrogens with zero attached hydrogens (tertiary/aromatic N) is 2. The Kier molecular flexibility index (Phi) is 7.79. The quantitative estimate of drug-likeness (QED) is 0.222. The average molecular weight is 551 g/mol. The summed E-state index contributed by atoms with van der Waals surface area (Å²) in [5, 5.41) is 14.2. The van der Waals surface area contributed by atoms with Gasteiger partial charge < -0.3 is 15.2 Å². The maximum Gasteiger partial charge on any atom is 0.416 e. The maximum atomic E-state index is 13.4. The third-order valence-electron chi connectivity index (χ3n) is 6.93. The van der Waals surface area contributed by atoms with Gasteiger partial charge in [-0.3, -0.25) is 19.7 Å². The summed E-state index contributed by atoms with van der Waals surface area (Å²) in [5.41, 5.74) is 1.34. The number of fused-ring (bicyclic) bond motifs is 1. The lowest BCUT2D eigenvalue weighted by molar-refractivity contribution is -0.137. The minimum absolute atomic E-state index is 0.0435. The molecule has 3 N–H and O–H groups in total. The SMILES string of the molecule is COc1cc(Nc2ccc3c(=O)[nH]c(O)c(C=Nc4ccc(CN5CCCCC5)cc4)c3c2)cc(C(F)(F)F)c1. The molecule has 1 aliphatic rings. The van der Waals surface area contributed by atoms with Crippen LogP contribution in [-0.4, -0.2) is 41.4 Å². The molecule has 1 saturated heterocycles. The van der Waals surface area contributed by atoms with E-state index in [0.717, 1.165) is 31.8 Å². The Morgan fingerprint density at radius 1 is 1.00 bits per heavy atom. The van der Waals surface area contributed by atoms with Gasteiger partial charge in [0.2, 0.25) is 5.88 Å². The Hall–Kier alpha value is -4.31. The van der Waals surface area contributed by atoms with Crippen LogP contribution in [0.1, 0.15) is 36.0 Å². The first kappa shape index (κ1) is 27.3. The summed E-state index contributed by atoms with van der Waals surface area (Å²) < 4.78 is 45.1. The number of anilines is 2. The number of rotatable bonds is 7. The van der Waals surface area contributed by atoms with Gasteiger partial charge in [-0.2, -0.15) is 13.2 Å². The number of aromatic nitrogens is 1. The van der Waals surface area contributed by atoms with Crippen molar-refractivity contribution in [3.63, 3.8) is 0 Å². The Bertz CT molecular complexity index is 1590. The Labute approximate surface area is 228 Å². The fourth-order valence-corrected chi connectivity index (χ4v) is 4.86. The number of ether oxygens (including phenoxy) is 1. The van der Waals surface area contributed by atoms with E-state index in [1.54, 1.807) is 12.1 Å². The third-order valence-corrected chi connectivity index (χ3v) is 6.93. The number of H-pyrrole nitrogens is 1. The number of nitrogens with one attached hydrogen (secondary N) is 2. The Morgan fingerprint density at radius 2 is 1.75 bits per heavy atom. The van der Waals surface area contributed by atoms with Crippen molar-refractivity contribution in [2.24, 2.45) is 4.99 Å². The molecule has 0 saturated carbocycles. The molecule has 5 rings (SSSR count). The summed E-state index contributed by atoms with van der Waals surface area (Å²) in [6.45, 7) is 3.11. The van der Waals surface area contributed by atoms with Crippen molar-refractivity contribution in [1.82, 2.24) is 9.88 Å². The van der Waals surface area contributed by atoms with Gasteiger partial charge in [-0.1, -0.05) is 18.6 Å². The second kappa shape index (κ2) is 11.4. The van der Waals surface area contributed by atoms with Gasteiger partial charge in [0, 0.05) is 41.0 Å². The van der Waals surface area contributed by atoms with E-state index in [1.807, 2.05) is 24.3 Å². The number of aliphatic imine (C=N–C) groups is 1. The number of methoxy groups -OCH3 is 1. The molecule has 0 aliphatic carbocycles. The van der Waals surface area contributed by atoms with Gasteiger partial charge >= 0.3 is 6.18 Å². The first-order valence-corrected chi connectivity index (χ1v) is 13.0. The second-order valence-electron chi connectivity index (χ2n) is 9.81. The van der Waals surface area contributed by atoms with Gasteiger partial charge in [0.05, 0.1) is 23.9 Å². The topological polar surface area (TPSA) is 89.9 Å². The molecule has 3 aromatic carbocycles. The van der Waals surface area contributed by atoms with Crippen LogP contribution in [0.15, 0.2) is 70.5 Å². The van der Waals surface area contributed by atoms with E-state index >= 15 is 0 Å². The summed E-state index contributed by atoms with van der Waals surface area (Å²) in [6, 6.07) is 15.9. The lowest BCUT2D eigenvalue weighted by Crippen LogP contribution is -2.28. The molecular formula is C30H29F3N4O3. The smallest absolute Gasteiger partial charge is 0.416 e. The van der Waals surface area contributed by atoms with E-state index in [2.05, 4.69) is 20.2 Å². The lowest BCUT2D eigenvalue weighted by Gasteiger charge is -2.26. The predicted octanol–water partition coefficient (Wildman–Crippen LogP) is 6.74. The van der Waals surface area contributed by atoms with Gasteiger partial charge in [0.25, 0.3) is 5.56 Å². The van der Waals surface area contributed by atoms with Gasteiger partial charge in [-0.25, -0.2) is 0 Å². The zero-order valence-corrected chi connectivity index (χ0v) is 21.9. The number of hydrogen-bond donors (Lipinski definition) is 3. The molecule has 0 radical (unpaired) electrons. The minimum Gasteiger partial charge on any atom is -0.497 e. The maximum absolute atomic E-state index is 13.4. The number of hydrogen-bond acceptors (Lipinski definition) is 6. The second-order valence-corrected chi connectivity index (χ2v) is 9.81. The summed E-state index contributed by atoms with van der Waals surface area (Å²) in [5.74, 6) is -0.317. The van der Waals surface area contributed by atoms with Gasteiger partial charge in [0.15, 0.2) is 0 Å². The van der Waals surface area contributed by atoms with Crippen molar-refractivity contribution in [3.05, 3.63) is 87.7 Å². The van der Waals surface area contributed by atoms with E-state index in [0.29, 0.717) is 22.1 Å². The average Bonchev–Trinajstić information content (AvgIpc) is 2.93. The first-order chi connectivity index (χ1) is 19.2. The molecule has 0 atom stereocenters. The van der Waals surface area contributed by atoms with Crippen LogP contribution in [-0.2, 0) is 12.7 Å². The first-order valence-electron chi connectivity index (χ1n) is 13.0. The number of pyridine rings is 1. The molecule has 1 aliphatic heterocycles.